The molecule has 5 nitrogen and oxygen atoms in total. The van der Waals surface area contributed by atoms with Crippen LogP contribution in [0.25, 0.3) is 22.1 Å². The lowest BCUT2D eigenvalue weighted by atomic mass is 10.3. The van der Waals surface area contributed by atoms with Crippen LogP contribution in [0.15, 0.2) is 48.5 Å². The van der Waals surface area contributed by atoms with Crippen molar-refractivity contribution in [2.24, 2.45) is 14.1 Å². The second-order valence-electron chi connectivity index (χ2n) is 7.11. The first kappa shape index (κ1) is 17.7. The Hall–Kier alpha value is -2.66. The second-order valence-corrected chi connectivity index (χ2v) is 7.11. The van der Waals surface area contributed by atoms with Gasteiger partial charge in [-0.15, -0.1) is 0 Å². The molecule has 0 saturated heterocycles. The number of rotatable bonds is 6. The number of nitrogens with zero attached hydrogens (tertiary/aromatic N) is 4. The quantitative estimate of drug-likeness (QED) is 0.382. The summed E-state index contributed by atoms with van der Waals surface area (Å²) in [5.41, 5.74) is 5.05. The minimum absolute atomic E-state index is 0.712. The maximum Gasteiger partial charge on any atom is 0.254 e. The zero-order valence-electron chi connectivity index (χ0n) is 16.6. The molecule has 0 amide bonds. The van der Waals surface area contributed by atoms with E-state index in [0.29, 0.717) is 13.2 Å². The topological polar surface area (TPSA) is 26.8 Å². The average Bonchev–Trinajstić information content (AvgIpc) is 3.08. The van der Waals surface area contributed by atoms with E-state index in [-0.39, 0.29) is 0 Å². The first-order valence-electron chi connectivity index (χ1n) is 9.55. The van der Waals surface area contributed by atoms with E-state index in [1.54, 1.807) is 0 Å². The van der Waals surface area contributed by atoms with Crippen LogP contribution in [0.4, 0.5) is 0 Å². The van der Waals surface area contributed by atoms with Crippen LogP contribution in [0.2, 0.25) is 0 Å². The van der Waals surface area contributed by atoms with Crippen molar-refractivity contribution in [3.05, 3.63) is 60.2 Å². The monoisotopic (exact) mass is 364 g/mol. The summed E-state index contributed by atoms with van der Waals surface area (Å²) in [5, 5.41) is 0. The Bertz CT molecular complexity index is 1020. The van der Waals surface area contributed by atoms with Crippen molar-refractivity contribution in [2.75, 3.05) is 13.2 Å². The van der Waals surface area contributed by atoms with Crippen LogP contribution in [-0.4, -0.2) is 22.3 Å². The van der Waals surface area contributed by atoms with Gasteiger partial charge in [0, 0.05) is 13.8 Å². The third-order valence-electron chi connectivity index (χ3n) is 5.74. The van der Waals surface area contributed by atoms with Crippen LogP contribution in [0.5, 0.6) is 0 Å². The van der Waals surface area contributed by atoms with Crippen LogP contribution >= 0.6 is 0 Å². The molecule has 4 rings (SSSR count). The number of para-hydroxylation sites is 4. The summed E-state index contributed by atoms with van der Waals surface area (Å²) < 4.78 is 15.2. The number of aryl methyl sites for hydroxylation is 2. The largest absolute Gasteiger partial charge is 0.373 e. The van der Waals surface area contributed by atoms with Crippen molar-refractivity contribution in [3.8, 4) is 0 Å². The molecule has 0 bridgehead atoms. The Kier molecular flexibility index (Phi) is 4.70. The number of hydrogen-bond acceptors (Lipinski definition) is 1. The summed E-state index contributed by atoms with van der Waals surface area (Å²) in [5.74, 6) is 2.50. The van der Waals surface area contributed by atoms with Gasteiger partial charge in [0.05, 0.1) is 27.3 Å². The number of hydrogen-bond donors (Lipinski definition) is 0. The van der Waals surface area contributed by atoms with Gasteiger partial charge in [-0.05, 0) is 24.3 Å². The molecule has 4 aromatic rings. The van der Waals surface area contributed by atoms with Crippen molar-refractivity contribution in [1.29, 1.82) is 0 Å². The van der Waals surface area contributed by atoms with E-state index < -0.39 is 0 Å². The predicted molar refractivity (Wildman–Crippen MR) is 107 cm³/mol. The number of imidazole rings is 2. The molecule has 0 saturated carbocycles. The number of benzene rings is 2. The van der Waals surface area contributed by atoms with Crippen molar-refractivity contribution in [1.82, 2.24) is 9.13 Å². The van der Waals surface area contributed by atoms with Crippen LogP contribution < -0.4 is 9.13 Å². The molecule has 140 valence electrons. The van der Waals surface area contributed by atoms with Gasteiger partial charge in [-0.2, -0.15) is 0 Å². The van der Waals surface area contributed by atoms with E-state index in [4.69, 9.17) is 4.74 Å². The fourth-order valence-electron chi connectivity index (χ4n) is 3.99. The molecule has 0 spiro atoms. The van der Waals surface area contributed by atoms with E-state index in [1.165, 1.54) is 33.7 Å². The molecule has 0 aliphatic heterocycles. The molecule has 27 heavy (non-hydrogen) atoms. The van der Waals surface area contributed by atoms with Gasteiger partial charge < -0.3 is 4.74 Å². The van der Waals surface area contributed by atoms with Crippen LogP contribution in [0.1, 0.15) is 11.6 Å². The Morgan fingerprint density at radius 2 is 1.11 bits per heavy atom. The Morgan fingerprint density at radius 1 is 0.704 bits per heavy atom. The first-order chi connectivity index (χ1) is 13.1. The van der Waals surface area contributed by atoms with E-state index in [2.05, 4.69) is 94.7 Å². The van der Waals surface area contributed by atoms with Crippen LogP contribution in [0, 0.1) is 13.8 Å². The molecule has 0 unspecified atom stereocenters. The van der Waals surface area contributed by atoms with Gasteiger partial charge >= 0.3 is 0 Å². The van der Waals surface area contributed by atoms with Crippen molar-refractivity contribution in [2.45, 2.75) is 26.9 Å². The minimum atomic E-state index is 0.712. The second kappa shape index (κ2) is 7.16. The predicted octanol–water partition coefficient (Wildman–Crippen LogP) is 2.58. The van der Waals surface area contributed by atoms with Gasteiger partial charge in [-0.1, -0.05) is 24.3 Å². The molecule has 0 aliphatic rings. The zero-order chi connectivity index (χ0) is 19.0. The summed E-state index contributed by atoms with van der Waals surface area (Å²) in [4.78, 5) is 0. The van der Waals surface area contributed by atoms with E-state index in [0.717, 1.165) is 13.1 Å². The molecule has 5 heteroatoms. The molecule has 0 atom stereocenters. The zero-order valence-corrected chi connectivity index (χ0v) is 16.6. The van der Waals surface area contributed by atoms with E-state index >= 15 is 0 Å². The highest BCUT2D eigenvalue weighted by molar-refractivity contribution is 5.72. The van der Waals surface area contributed by atoms with Crippen LogP contribution in [0.3, 0.4) is 0 Å². The van der Waals surface area contributed by atoms with E-state index in [1.807, 2.05) is 0 Å². The van der Waals surface area contributed by atoms with E-state index in [9.17, 15) is 0 Å². The van der Waals surface area contributed by atoms with Gasteiger partial charge in [-0.3, -0.25) is 0 Å². The fourth-order valence-corrected chi connectivity index (χ4v) is 3.99. The summed E-state index contributed by atoms with van der Waals surface area (Å²) in [6.45, 7) is 7.48. The summed E-state index contributed by atoms with van der Waals surface area (Å²) in [6.07, 6.45) is 0. The Labute approximate surface area is 160 Å². The third-order valence-corrected chi connectivity index (χ3v) is 5.74. The smallest absolute Gasteiger partial charge is 0.254 e. The van der Waals surface area contributed by atoms with Gasteiger partial charge in [0.2, 0.25) is 0 Å². The number of ether oxygens (including phenoxy) is 1. The van der Waals surface area contributed by atoms with Gasteiger partial charge in [0.25, 0.3) is 11.6 Å². The molecule has 0 aliphatic carbocycles. The van der Waals surface area contributed by atoms with Crippen molar-refractivity contribution in [3.63, 3.8) is 0 Å². The lowest BCUT2D eigenvalue weighted by molar-refractivity contribution is -0.652. The molecule has 2 aromatic carbocycles. The third kappa shape index (κ3) is 3.02. The summed E-state index contributed by atoms with van der Waals surface area (Å²) in [6, 6.07) is 17.1. The maximum atomic E-state index is 6.01. The number of fused-ring (bicyclic) bond motifs is 2. The molecular weight excluding hydrogens is 336 g/mol. The van der Waals surface area contributed by atoms with Gasteiger partial charge in [0.1, 0.15) is 13.1 Å². The minimum Gasteiger partial charge on any atom is -0.373 e. The lowest BCUT2D eigenvalue weighted by Crippen LogP contribution is -2.31. The molecule has 2 heterocycles. The highest BCUT2D eigenvalue weighted by Crippen LogP contribution is 2.14. The maximum absolute atomic E-state index is 6.01. The molecule has 2 aromatic heterocycles. The highest BCUT2D eigenvalue weighted by atomic mass is 16.5. The Morgan fingerprint density at radius 3 is 1.56 bits per heavy atom. The fraction of sp³-hybridized carbons (Fsp3) is 0.364. The Balaban J connectivity index is 1.41. The SMILES string of the molecule is Cc1n(CCOCCn2c(C)[n+](C)c3ccccc32)c2ccccc2[n+]1C. The van der Waals surface area contributed by atoms with Crippen molar-refractivity contribution >= 4 is 22.1 Å². The highest BCUT2D eigenvalue weighted by Gasteiger charge is 2.19. The van der Waals surface area contributed by atoms with Crippen LogP contribution in [-0.2, 0) is 31.9 Å². The normalized spacial score (nSPS) is 11.7. The van der Waals surface area contributed by atoms with Gasteiger partial charge in [-0.25, -0.2) is 18.3 Å². The lowest BCUT2D eigenvalue weighted by Gasteiger charge is -2.04. The summed E-state index contributed by atoms with van der Waals surface area (Å²) >= 11 is 0. The van der Waals surface area contributed by atoms with Crippen molar-refractivity contribution < 1.29 is 13.9 Å². The molecular formula is C22H28N4O+2. The molecule has 0 N–H and O–H groups in total. The standard InChI is InChI=1S/C22H28N4O/c1-17-23(3)19-9-5-7-11-21(19)25(17)13-15-27-16-14-26-18(2)24(4)20-10-6-8-12-22(20)26/h5-12H,13-16H2,1-4H3/q+2. The molecule has 0 radical (unpaired) electrons. The van der Waals surface area contributed by atoms with Gasteiger partial charge in [0.15, 0.2) is 22.1 Å². The summed E-state index contributed by atoms with van der Waals surface area (Å²) in [7, 11) is 4.24. The number of aromatic nitrogens is 4. The molecule has 0 fully saturated rings. The average molecular weight is 364 g/mol. The first-order valence-corrected chi connectivity index (χ1v) is 9.55.